The second-order valence-electron chi connectivity index (χ2n) is 9.22. The molecule has 0 heterocycles. The zero-order valence-electron chi connectivity index (χ0n) is 20.1. The summed E-state index contributed by atoms with van der Waals surface area (Å²) in [5.41, 5.74) is 1.47. The van der Waals surface area contributed by atoms with Crippen LogP contribution >= 0.6 is 0 Å². The zero-order valence-corrected chi connectivity index (χ0v) is 22.1. The molecular formula is C23H40O6Si2. The number of hydrogen-bond donors (Lipinski definition) is 0. The van der Waals surface area contributed by atoms with Crippen LogP contribution in [0.5, 0.6) is 0 Å². The van der Waals surface area contributed by atoms with Gasteiger partial charge in [-0.1, -0.05) is 17.7 Å². The standard InChI is InChI=1S/C23H40O6Si2/c1-7-27-31(28-8-2,29-9-3)23(16-17-10-13-20(23)14-17)21-18-11-12-19(15-18)22(21)30(24-4,25-5)26-6/h10,13,17-20H,7-9,11-12,14-16H2,1-6H3. The molecule has 176 valence electrons. The summed E-state index contributed by atoms with van der Waals surface area (Å²) in [6.45, 7) is 7.95. The molecule has 0 aromatic heterocycles. The molecule has 0 N–H and O–H groups in total. The largest absolute Gasteiger partial charge is 0.532 e. The molecule has 0 aliphatic heterocycles. The molecule has 2 saturated carbocycles. The highest BCUT2D eigenvalue weighted by molar-refractivity contribution is 6.70. The predicted octanol–water partition coefficient (Wildman–Crippen LogP) is 4.52. The molecule has 5 atom stereocenters. The lowest BCUT2D eigenvalue weighted by atomic mass is 9.78. The van der Waals surface area contributed by atoms with Gasteiger partial charge < -0.3 is 26.6 Å². The van der Waals surface area contributed by atoms with Crippen LogP contribution in [0.15, 0.2) is 22.9 Å². The van der Waals surface area contributed by atoms with Crippen molar-refractivity contribution in [3.8, 4) is 0 Å². The maximum absolute atomic E-state index is 6.65. The van der Waals surface area contributed by atoms with E-state index in [4.69, 9.17) is 26.6 Å². The van der Waals surface area contributed by atoms with E-state index in [0.29, 0.717) is 43.5 Å². The highest BCUT2D eigenvalue weighted by atomic mass is 28.4. The molecule has 5 unspecified atom stereocenters. The van der Waals surface area contributed by atoms with E-state index < -0.39 is 17.6 Å². The minimum absolute atomic E-state index is 0.253. The molecule has 0 aromatic rings. The summed E-state index contributed by atoms with van der Waals surface area (Å²) in [5.74, 6) is 1.89. The Morgan fingerprint density at radius 3 is 1.87 bits per heavy atom. The van der Waals surface area contributed by atoms with E-state index in [1.165, 1.54) is 23.6 Å². The number of fused-ring (bicyclic) bond motifs is 4. The van der Waals surface area contributed by atoms with Crippen molar-refractivity contribution < 1.29 is 26.6 Å². The third-order valence-corrected chi connectivity index (χ3v) is 15.0. The van der Waals surface area contributed by atoms with Gasteiger partial charge in [-0.15, -0.1) is 0 Å². The van der Waals surface area contributed by atoms with E-state index in [1.807, 2.05) is 0 Å². The third-order valence-electron chi connectivity index (χ3n) is 8.09. The van der Waals surface area contributed by atoms with E-state index in [9.17, 15) is 0 Å². The molecule has 31 heavy (non-hydrogen) atoms. The second-order valence-corrected chi connectivity index (χ2v) is 15.0. The van der Waals surface area contributed by atoms with Crippen molar-refractivity contribution in [1.82, 2.24) is 0 Å². The molecule has 0 spiro atoms. The maximum Gasteiger partial charge on any atom is 0.532 e. The quantitative estimate of drug-likeness (QED) is 0.310. The first-order chi connectivity index (χ1) is 15.0. The van der Waals surface area contributed by atoms with Crippen molar-refractivity contribution in [2.24, 2.45) is 23.7 Å². The van der Waals surface area contributed by atoms with Crippen molar-refractivity contribution in [3.63, 3.8) is 0 Å². The van der Waals surface area contributed by atoms with Crippen molar-refractivity contribution in [3.05, 3.63) is 22.9 Å². The second kappa shape index (κ2) is 9.14. The number of rotatable bonds is 12. The minimum Gasteiger partial charge on any atom is -0.374 e. The van der Waals surface area contributed by atoms with E-state index in [-0.39, 0.29) is 5.04 Å². The van der Waals surface area contributed by atoms with Crippen LogP contribution in [0.1, 0.15) is 52.9 Å². The molecule has 4 aliphatic carbocycles. The SMILES string of the molecule is CCO[Si](OCC)(OCC)C1(C2=C([Si](OC)(OC)OC)C3CCC2C3)CC2C=CC1C2. The van der Waals surface area contributed by atoms with E-state index in [1.54, 1.807) is 21.3 Å². The van der Waals surface area contributed by atoms with Gasteiger partial charge >= 0.3 is 17.6 Å². The summed E-state index contributed by atoms with van der Waals surface area (Å²) in [6, 6.07) is 0. The van der Waals surface area contributed by atoms with Crippen LogP contribution in [-0.4, -0.2) is 58.8 Å². The lowest BCUT2D eigenvalue weighted by Gasteiger charge is -2.50. The molecule has 0 saturated heterocycles. The highest BCUT2D eigenvalue weighted by Gasteiger charge is 2.73. The summed E-state index contributed by atoms with van der Waals surface area (Å²) in [6.07, 6.45) is 10.5. The summed E-state index contributed by atoms with van der Waals surface area (Å²) >= 11 is 0. The van der Waals surface area contributed by atoms with Crippen molar-refractivity contribution in [2.45, 2.75) is 57.9 Å². The number of hydrogen-bond acceptors (Lipinski definition) is 6. The summed E-state index contributed by atoms with van der Waals surface area (Å²) in [5, 5.41) is 1.06. The van der Waals surface area contributed by atoms with Crippen LogP contribution in [0.4, 0.5) is 0 Å². The third kappa shape index (κ3) is 3.32. The Morgan fingerprint density at radius 1 is 0.839 bits per heavy atom. The van der Waals surface area contributed by atoms with Crippen molar-refractivity contribution >= 4 is 17.6 Å². The van der Waals surface area contributed by atoms with Crippen LogP contribution < -0.4 is 0 Å². The Hall–Kier alpha value is -0.326. The van der Waals surface area contributed by atoms with Crippen LogP contribution in [0.3, 0.4) is 0 Å². The molecular weight excluding hydrogens is 428 g/mol. The Balaban J connectivity index is 1.99. The minimum atomic E-state index is -3.08. The average Bonchev–Trinajstić information content (AvgIpc) is 3.57. The Kier molecular flexibility index (Phi) is 7.02. The first-order valence-corrected chi connectivity index (χ1v) is 15.5. The first-order valence-electron chi connectivity index (χ1n) is 12.0. The number of allylic oxidation sites excluding steroid dienone is 4. The van der Waals surface area contributed by atoms with Crippen molar-refractivity contribution in [2.75, 3.05) is 41.2 Å². The van der Waals surface area contributed by atoms with Gasteiger partial charge in [0.25, 0.3) is 0 Å². The Morgan fingerprint density at radius 2 is 1.42 bits per heavy atom. The zero-order chi connectivity index (χ0) is 22.3. The summed E-state index contributed by atoms with van der Waals surface area (Å²) in [4.78, 5) is 0. The van der Waals surface area contributed by atoms with Gasteiger partial charge in [0.2, 0.25) is 0 Å². The van der Waals surface area contributed by atoms with Gasteiger partial charge in [0.1, 0.15) is 0 Å². The molecule has 0 amide bonds. The van der Waals surface area contributed by atoms with E-state index >= 15 is 0 Å². The molecule has 4 rings (SSSR count). The first kappa shape index (κ1) is 23.8. The van der Waals surface area contributed by atoms with Gasteiger partial charge in [-0.05, 0) is 76.5 Å². The lowest BCUT2D eigenvalue weighted by molar-refractivity contribution is 0.0415. The Bertz CT molecular complexity index is 696. The van der Waals surface area contributed by atoms with Gasteiger partial charge in [-0.25, -0.2) is 0 Å². The van der Waals surface area contributed by atoms with Crippen LogP contribution in [0.2, 0.25) is 5.04 Å². The topological polar surface area (TPSA) is 55.4 Å². The molecule has 2 fully saturated rings. The molecule has 0 aromatic carbocycles. The molecule has 8 heteroatoms. The smallest absolute Gasteiger partial charge is 0.374 e. The van der Waals surface area contributed by atoms with Crippen molar-refractivity contribution in [1.29, 1.82) is 0 Å². The molecule has 6 nitrogen and oxygen atoms in total. The summed E-state index contributed by atoms with van der Waals surface area (Å²) in [7, 11) is -0.848. The fourth-order valence-electron chi connectivity index (χ4n) is 7.31. The maximum atomic E-state index is 6.65. The monoisotopic (exact) mass is 468 g/mol. The molecule has 0 radical (unpaired) electrons. The predicted molar refractivity (Wildman–Crippen MR) is 123 cm³/mol. The van der Waals surface area contributed by atoms with Gasteiger partial charge in [-0.3, -0.25) is 0 Å². The fraction of sp³-hybridized carbons (Fsp3) is 0.826. The van der Waals surface area contributed by atoms with Gasteiger partial charge in [0.15, 0.2) is 0 Å². The van der Waals surface area contributed by atoms with E-state index in [0.717, 1.165) is 19.3 Å². The summed E-state index contributed by atoms with van der Waals surface area (Å²) < 4.78 is 38.2. The van der Waals surface area contributed by atoms with Crippen LogP contribution in [0, 0.1) is 23.7 Å². The van der Waals surface area contributed by atoms with Gasteiger partial charge in [0, 0.05) is 46.3 Å². The highest BCUT2D eigenvalue weighted by Crippen LogP contribution is 2.72. The fourth-order valence-corrected chi connectivity index (χ4v) is 14.1. The normalized spacial score (nSPS) is 34.5. The molecule has 4 bridgehead atoms. The molecule has 4 aliphatic rings. The van der Waals surface area contributed by atoms with Gasteiger partial charge in [0.05, 0.1) is 5.04 Å². The Labute approximate surface area is 190 Å². The van der Waals surface area contributed by atoms with Gasteiger partial charge in [-0.2, -0.15) is 0 Å². The van der Waals surface area contributed by atoms with Crippen LogP contribution in [0.25, 0.3) is 0 Å². The van der Waals surface area contributed by atoms with Crippen LogP contribution in [-0.2, 0) is 26.6 Å². The van der Waals surface area contributed by atoms with E-state index in [2.05, 4.69) is 32.9 Å². The lowest BCUT2D eigenvalue weighted by Crippen LogP contribution is -2.60. The average molecular weight is 469 g/mol.